The highest BCUT2D eigenvalue weighted by Crippen LogP contribution is 2.49. The number of aromatic hydroxyl groups is 2. The van der Waals surface area contributed by atoms with Crippen LogP contribution in [0.4, 0.5) is 0 Å². The van der Waals surface area contributed by atoms with Crippen molar-refractivity contribution < 1.29 is 40.2 Å². The topological polar surface area (TPSA) is 145 Å². The molecule has 0 aliphatic heterocycles. The molecule has 0 amide bonds. The Morgan fingerprint density at radius 3 is 1.21 bits per heavy atom. The van der Waals surface area contributed by atoms with Crippen LogP contribution in [0.25, 0.3) is 0 Å². The highest BCUT2D eigenvalue weighted by atomic mass is 17.1. The lowest BCUT2D eigenvalue weighted by atomic mass is 9.68. The van der Waals surface area contributed by atoms with Crippen LogP contribution in [0.1, 0.15) is 154 Å². The zero-order valence-corrected chi connectivity index (χ0v) is 31.2. The first-order valence-corrected chi connectivity index (χ1v) is 16.9. The lowest BCUT2D eigenvalue weighted by Gasteiger charge is -2.36. The number of phenols is 2. The molecule has 2 atom stereocenters. The average Bonchev–Trinajstić information content (AvgIpc) is 2.90. The number of allylic oxidation sites excluding steroid dienone is 2. The smallest absolute Gasteiger partial charge is 0.303 e. The van der Waals surface area contributed by atoms with Gasteiger partial charge in [-0.25, -0.2) is 4.89 Å². The molecule has 0 bridgehead atoms. The van der Waals surface area contributed by atoms with Crippen molar-refractivity contribution in [3.8, 4) is 11.5 Å². The van der Waals surface area contributed by atoms with E-state index < -0.39 is 51.4 Å². The molecule has 0 fully saturated rings. The number of carboxylic acids is 2. The largest absolute Gasteiger partial charge is 0.507 e. The molecule has 0 radical (unpaired) electrons. The summed E-state index contributed by atoms with van der Waals surface area (Å²) in [6, 6.07) is 7.53. The van der Waals surface area contributed by atoms with E-state index in [1.165, 1.54) is 0 Å². The van der Waals surface area contributed by atoms with E-state index in [0.717, 1.165) is 0 Å². The van der Waals surface area contributed by atoms with Crippen LogP contribution in [0.2, 0.25) is 0 Å². The van der Waals surface area contributed by atoms with Gasteiger partial charge in [0.25, 0.3) is 0 Å². The van der Waals surface area contributed by atoms with Crippen LogP contribution in [-0.2, 0) is 36.1 Å². The monoisotopic (exact) mass is 668 g/mol. The van der Waals surface area contributed by atoms with Crippen molar-refractivity contribution in [2.75, 3.05) is 6.61 Å². The lowest BCUT2D eigenvalue weighted by molar-refractivity contribution is -0.242. The van der Waals surface area contributed by atoms with Gasteiger partial charge in [-0.3, -0.25) is 14.8 Å². The van der Waals surface area contributed by atoms with E-state index in [4.69, 9.17) is 5.26 Å². The Labute approximate surface area is 287 Å². The van der Waals surface area contributed by atoms with Crippen molar-refractivity contribution in [2.45, 2.75) is 142 Å². The summed E-state index contributed by atoms with van der Waals surface area (Å²) < 4.78 is 0. The first kappa shape index (κ1) is 40.8. The molecule has 0 aliphatic carbocycles. The number of unbranched alkanes of at least 4 members (excludes halogenated alkanes) is 1. The van der Waals surface area contributed by atoms with Gasteiger partial charge in [-0.05, 0) is 73.8 Å². The third kappa shape index (κ3) is 10.6. The van der Waals surface area contributed by atoms with Gasteiger partial charge in [-0.1, -0.05) is 120 Å². The van der Waals surface area contributed by atoms with Gasteiger partial charge in [0.15, 0.2) is 0 Å². The summed E-state index contributed by atoms with van der Waals surface area (Å²) in [5.74, 6) is -3.67. The van der Waals surface area contributed by atoms with Crippen molar-refractivity contribution in [1.29, 1.82) is 0 Å². The maximum atomic E-state index is 12.7. The second kappa shape index (κ2) is 15.5. The molecule has 0 spiro atoms. The zero-order chi connectivity index (χ0) is 37.0. The summed E-state index contributed by atoms with van der Waals surface area (Å²) in [5, 5.41) is 52.6. The number of carbonyl (C=O) groups is 2. The fraction of sp³-hybridized carbons (Fsp3) is 0.600. The molecule has 0 saturated carbocycles. The normalized spacial score (nSPS) is 15.0. The minimum absolute atomic E-state index is 0.121. The molecule has 0 saturated heterocycles. The maximum absolute atomic E-state index is 12.7. The summed E-state index contributed by atoms with van der Waals surface area (Å²) >= 11 is 0. The van der Waals surface area contributed by atoms with Gasteiger partial charge < -0.3 is 20.4 Å². The lowest BCUT2D eigenvalue weighted by Crippen LogP contribution is -2.26. The van der Waals surface area contributed by atoms with Crippen molar-refractivity contribution in [1.82, 2.24) is 0 Å². The molecule has 8 nitrogen and oxygen atoms in total. The Bertz CT molecular complexity index is 1290. The first-order chi connectivity index (χ1) is 21.8. The summed E-state index contributed by atoms with van der Waals surface area (Å²) in [4.78, 5) is 29.6. The van der Waals surface area contributed by atoms with Crippen LogP contribution in [0, 0.1) is 5.92 Å². The molecular formula is C40H60O8. The Morgan fingerprint density at radius 1 is 0.646 bits per heavy atom. The summed E-state index contributed by atoms with van der Waals surface area (Å²) in [6.07, 6.45) is 4.29. The van der Waals surface area contributed by atoms with E-state index in [1.807, 2.05) is 120 Å². The second-order valence-corrected chi connectivity index (χ2v) is 17.3. The van der Waals surface area contributed by atoms with Crippen LogP contribution < -0.4 is 0 Å². The van der Waals surface area contributed by atoms with E-state index in [2.05, 4.69) is 4.89 Å². The Kier molecular flexibility index (Phi) is 13.1. The van der Waals surface area contributed by atoms with Gasteiger partial charge in [-0.2, -0.15) is 0 Å². The van der Waals surface area contributed by atoms with Crippen molar-refractivity contribution in [2.24, 2.45) is 5.92 Å². The van der Waals surface area contributed by atoms with Crippen molar-refractivity contribution >= 4 is 11.9 Å². The summed E-state index contributed by atoms with van der Waals surface area (Å²) in [7, 11) is 0. The van der Waals surface area contributed by atoms with Gasteiger partial charge in [0.05, 0.1) is 19.4 Å². The molecule has 0 heterocycles. The van der Waals surface area contributed by atoms with E-state index in [1.54, 1.807) is 0 Å². The number of rotatable bonds is 13. The molecule has 5 N–H and O–H groups in total. The molecule has 268 valence electrons. The summed E-state index contributed by atoms with van der Waals surface area (Å²) in [5.41, 5.74) is 2.29. The molecule has 2 unspecified atom stereocenters. The molecule has 0 aliphatic rings. The Morgan fingerprint density at radius 2 is 0.958 bits per heavy atom. The summed E-state index contributed by atoms with van der Waals surface area (Å²) in [6.45, 7) is 24.1. The number of aliphatic carboxylic acids is 2. The fourth-order valence-corrected chi connectivity index (χ4v) is 6.42. The standard InChI is InChI=1S/C40H60O8/c1-37(2,3)29-18-24(19-30(35(29)45)38(4,5)6)27(22-33(41)42)26(16-14-13-15-17-48-47)28(23-34(43)44)25-20-31(39(7,8)9)36(46)32(21-25)40(10,11)12/h14,16,18-21,26-28,45-47H,13,15,17,22-23H2,1-12H3,(H,41,42)(H,43,44). The van der Waals surface area contributed by atoms with E-state index >= 15 is 0 Å². The van der Waals surface area contributed by atoms with E-state index in [0.29, 0.717) is 46.2 Å². The molecule has 2 rings (SSSR count). The second-order valence-electron chi connectivity index (χ2n) is 17.3. The molecule has 0 aromatic heterocycles. The van der Waals surface area contributed by atoms with Gasteiger partial charge in [-0.15, -0.1) is 0 Å². The van der Waals surface area contributed by atoms with Gasteiger partial charge >= 0.3 is 11.9 Å². The number of benzene rings is 2. The minimum Gasteiger partial charge on any atom is -0.507 e. The quantitative estimate of drug-likeness (QED) is 0.0614. The first-order valence-electron chi connectivity index (χ1n) is 16.9. The number of carboxylic acid groups (broad SMARTS) is 2. The third-order valence-corrected chi connectivity index (χ3v) is 9.04. The van der Waals surface area contributed by atoms with E-state index in [9.17, 15) is 30.0 Å². The predicted octanol–water partition coefficient (Wildman–Crippen LogP) is 9.55. The van der Waals surface area contributed by atoms with Crippen LogP contribution in [0.5, 0.6) is 11.5 Å². The third-order valence-electron chi connectivity index (χ3n) is 9.04. The molecule has 2 aromatic carbocycles. The van der Waals surface area contributed by atoms with Crippen LogP contribution in [-0.4, -0.2) is 44.2 Å². The zero-order valence-electron chi connectivity index (χ0n) is 31.2. The number of phenolic OH excluding ortho intramolecular Hbond substituents is 2. The number of hydrogen-bond acceptors (Lipinski definition) is 6. The Balaban J connectivity index is 3.12. The maximum Gasteiger partial charge on any atom is 0.303 e. The van der Waals surface area contributed by atoms with Gasteiger partial charge in [0.2, 0.25) is 0 Å². The van der Waals surface area contributed by atoms with Crippen LogP contribution in [0.3, 0.4) is 0 Å². The fourth-order valence-electron chi connectivity index (χ4n) is 6.42. The van der Waals surface area contributed by atoms with E-state index in [-0.39, 0.29) is 30.9 Å². The Hall–Kier alpha value is -3.36. The van der Waals surface area contributed by atoms with Gasteiger partial charge in [0, 0.05) is 11.8 Å². The highest BCUT2D eigenvalue weighted by Gasteiger charge is 2.37. The van der Waals surface area contributed by atoms with Gasteiger partial charge in [0.1, 0.15) is 11.5 Å². The minimum atomic E-state index is -1.03. The molecule has 8 heteroatoms. The number of hydrogen-bond donors (Lipinski definition) is 5. The molecule has 2 aromatic rings. The van der Waals surface area contributed by atoms with Crippen molar-refractivity contribution in [3.05, 3.63) is 69.8 Å². The average molecular weight is 669 g/mol. The molecule has 48 heavy (non-hydrogen) atoms. The molecular weight excluding hydrogens is 608 g/mol. The van der Waals surface area contributed by atoms with Crippen LogP contribution in [0.15, 0.2) is 36.4 Å². The highest BCUT2D eigenvalue weighted by molar-refractivity contribution is 5.70. The SMILES string of the molecule is CC(C)(C)c1cc(C(CC(=O)O)C(C=CCCCOO)C(CC(=O)O)c2cc(C(C)(C)C)c(O)c(C(C)(C)C)c2)cc(C(C)(C)C)c1O. The van der Waals surface area contributed by atoms with Crippen LogP contribution >= 0.6 is 0 Å². The van der Waals surface area contributed by atoms with Crippen molar-refractivity contribution in [3.63, 3.8) is 0 Å². The predicted molar refractivity (Wildman–Crippen MR) is 191 cm³/mol.